The molecular weight excluding hydrogens is 194 g/mol. The SMILES string of the molecule is C=CCNC(=O)[C@@H]1CC=CC[C@H]1C(=O)O. The van der Waals surface area contributed by atoms with E-state index in [0.29, 0.717) is 19.4 Å². The summed E-state index contributed by atoms with van der Waals surface area (Å²) in [5.74, 6) is -2.16. The van der Waals surface area contributed by atoms with Gasteiger partial charge in [-0.25, -0.2) is 0 Å². The van der Waals surface area contributed by atoms with Crippen molar-refractivity contribution in [2.75, 3.05) is 6.54 Å². The molecule has 82 valence electrons. The van der Waals surface area contributed by atoms with E-state index in [1.807, 2.05) is 12.2 Å². The average Bonchev–Trinajstić information content (AvgIpc) is 2.25. The molecule has 1 aliphatic rings. The molecule has 1 aliphatic carbocycles. The van der Waals surface area contributed by atoms with Crippen LogP contribution >= 0.6 is 0 Å². The van der Waals surface area contributed by atoms with E-state index in [-0.39, 0.29) is 5.91 Å². The van der Waals surface area contributed by atoms with E-state index in [2.05, 4.69) is 11.9 Å². The number of carbonyl (C=O) groups excluding carboxylic acids is 1. The van der Waals surface area contributed by atoms with Crippen molar-refractivity contribution in [2.45, 2.75) is 12.8 Å². The topological polar surface area (TPSA) is 66.4 Å². The first-order chi connectivity index (χ1) is 7.16. The van der Waals surface area contributed by atoms with Crippen molar-refractivity contribution >= 4 is 11.9 Å². The quantitative estimate of drug-likeness (QED) is 0.677. The van der Waals surface area contributed by atoms with E-state index >= 15 is 0 Å². The number of carboxylic acid groups (broad SMARTS) is 1. The number of hydrogen-bond donors (Lipinski definition) is 2. The molecule has 0 aromatic rings. The van der Waals surface area contributed by atoms with Gasteiger partial charge in [0.1, 0.15) is 0 Å². The molecule has 0 aliphatic heterocycles. The van der Waals surface area contributed by atoms with Gasteiger partial charge in [0.25, 0.3) is 0 Å². The largest absolute Gasteiger partial charge is 0.481 e. The van der Waals surface area contributed by atoms with Gasteiger partial charge in [-0.1, -0.05) is 18.2 Å². The number of carbonyl (C=O) groups is 2. The molecule has 0 aromatic heterocycles. The summed E-state index contributed by atoms with van der Waals surface area (Å²) in [5, 5.41) is 11.6. The molecule has 15 heavy (non-hydrogen) atoms. The molecule has 1 rings (SSSR count). The lowest BCUT2D eigenvalue weighted by Crippen LogP contribution is -2.38. The summed E-state index contributed by atoms with van der Waals surface area (Å²) in [6.45, 7) is 3.87. The van der Waals surface area contributed by atoms with Crippen LogP contribution in [-0.2, 0) is 9.59 Å². The second kappa shape index (κ2) is 5.34. The number of amides is 1. The molecule has 0 radical (unpaired) electrons. The maximum Gasteiger partial charge on any atom is 0.307 e. The van der Waals surface area contributed by atoms with Gasteiger partial charge in [0.05, 0.1) is 11.8 Å². The molecule has 4 heteroatoms. The van der Waals surface area contributed by atoms with Gasteiger partial charge in [-0.15, -0.1) is 6.58 Å². The maximum absolute atomic E-state index is 11.6. The number of nitrogens with one attached hydrogen (secondary N) is 1. The van der Waals surface area contributed by atoms with Crippen molar-refractivity contribution < 1.29 is 14.7 Å². The van der Waals surface area contributed by atoms with Crippen molar-refractivity contribution in [3.05, 3.63) is 24.8 Å². The zero-order valence-electron chi connectivity index (χ0n) is 8.48. The Morgan fingerprint density at radius 2 is 2.00 bits per heavy atom. The average molecular weight is 209 g/mol. The molecule has 0 aromatic carbocycles. The molecular formula is C11H15NO3. The second-order valence-corrected chi connectivity index (χ2v) is 3.53. The van der Waals surface area contributed by atoms with Crippen LogP contribution in [0.15, 0.2) is 24.8 Å². The first-order valence-electron chi connectivity index (χ1n) is 4.93. The van der Waals surface area contributed by atoms with Crippen LogP contribution in [0.1, 0.15) is 12.8 Å². The van der Waals surface area contributed by atoms with Gasteiger partial charge in [-0.05, 0) is 12.8 Å². The molecule has 0 saturated carbocycles. The van der Waals surface area contributed by atoms with Crippen LogP contribution in [0.3, 0.4) is 0 Å². The smallest absolute Gasteiger partial charge is 0.307 e. The number of carboxylic acids is 1. The van der Waals surface area contributed by atoms with Crippen LogP contribution in [0.4, 0.5) is 0 Å². The Morgan fingerprint density at radius 3 is 2.53 bits per heavy atom. The lowest BCUT2D eigenvalue weighted by Gasteiger charge is -2.23. The van der Waals surface area contributed by atoms with Crippen molar-refractivity contribution in [1.29, 1.82) is 0 Å². The van der Waals surface area contributed by atoms with E-state index < -0.39 is 17.8 Å². The highest BCUT2D eigenvalue weighted by molar-refractivity contribution is 5.85. The predicted molar refractivity (Wildman–Crippen MR) is 56.2 cm³/mol. The molecule has 2 N–H and O–H groups in total. The molecule has 0 saturated heterocycles. The van der Waals surface area contributed by atoms with Crippen molar-refractivity contribution in [2.24, 2.45) is 11.8 Å². The summed E-state index contributed by atoms with van der Waals surface area (Å²) in [4.78, 5) is 22.5. The van der Waals surface area contributed by atoms with Gasteiger partial charge in [-0.3, -0.25) is 9.59 Å². The number of hydrogen-bond acceptors (Lipinski definition) is 2. The fraction of sp³-hybridized carbons (Fsp3) is 0.455. The third-order valence-corrected chi connectivity index (χ3v) is 2.51. The molecule has 2 atom stereocenters. The Kier molecular flexibility index (Phi) is 4.09. The highest BCUT2D eigenvalue weighted by Crippen LogP contribution is 2.25. The lowest BCUT2D eigenvalue weighted by molar-refractivity contribution is -0.147. The van der Waals surface area contributed by atoms with Crippen molar-refractivity contribution in [1.82, 2.24) is 5.32 Å². The summed E-state index contributed by atoms with van der Waals surface area (Å²) in [6, 6.07) is 0. The molecule has 0 spiro atoms. The van der Waals surface area contributed by atoms with Gasteiger partial charge in [0.2, 0.25) is 5.91 Å². The minimum absolute atomic E-state index is 0.202. The summed E-state index contributed by atoms with van der Waals surface area (Å²) in [6.07, 6.45) is 6.18. The Morgan fingerprint density at radius 1 is 1.40 bits per heavy atom. The molecule has 0 heterocycles. The fourth-order valence-electron chi connectivity index (χ4n) is 1.68. The van der Waals surface area contributed by atoms with Gasteiger partial charge in [0, 0.05) is 6.54 Å². The first kappa shape index (κ1) is 11.5. The van der Waals surface area contributed by atoms with Crippen LogP contribution in [0.5, 0.6) is 0 Å². The third-order valence-electron chi connectivity index (χ3n) is 2.51. The second-order valence-electron chi connectivity index (χ2n) is 3.53. The van der Waals surface area contributed by atoms with Crippen molar-refractivity contribution in [3.63, 3.8) is 0 Å². The van der Waals surface area contributed by atoms with Gasteiger partial charge in [0.15, 0.2) is 0 Å². The third kappa shape index (κ3) is 2.94. The normalized spacial score (nSPS) is 24.5. The van der Waals surface area contributed by atoms with E-state index in [0.717, 1.165) is 0 Å². The molecule has 0 fully saturated rings. The zero-order chi connectivity index (χ0) is 11.3. The minimum Gasteiger partial charge on any atom is -0.481 e. The van der Waals surface area contributed by atoms with Gasteiger partial charge in [-0.2, -0.15) is 0 Å². The highest BCUT2D eigenvalue weighted by atomic mass is 16.4. The van der Waals surface area contributed by atoms with Gasteiger partial charge < -0.3 is 10.4 Å². The van der Waals surface area contributed by atoms with E-state index in [4.69, 9.17) is 5.11 Å². The predicted octanol–water partition coefficient (Wildman–Crippen LogP) is 0.956. The number of rotatable bonds is 4. The molecule has 1 amide bonds. The highest BCUT2D eigenvalue weighted by Gasteiger charge is 2.33. The Bertz CT molecular complexity index is 296. The Balaban J connectivity index is 2.64. The van der Waals surface area contributed by atoms with E-state index in [9.17, 15) is 9.59 Å². The van der Waals surface area contributed by atoms with Crippen molar-refractivity contribution in [3.8, 4) is 0 Å². The maximum atomic E-state index is 11.6. The monoisotopic (exact) mass is 209 g/mol. The Labute approximate surface area is 88.7 Å². The molecule has 0 bridgehead atoms. The summed E-state index contributed by atoms with van der Waals surface area (Å²) >= 11 is 0. The number of allylic oxidation sites excluding steroid dienone is 2. The van der Waals surface area contributed by atoms with E-state index in [1.165, 1.54) is 0 Å². The van der Waals surface area contributed by atoms with Crippen LogP contribution in [-0.4, -0.2) is 23.5 Å². The van der Waals surface area contributed by atoms with Crippen LogP contribution in [0.25, 0.3) is 0 Å². The standard InChI is InChI=1S/C11H15NO3/c1-2-7-12-10(13)8-5-3-4-6-9(8)11(14)15/h2-4,8-9H,1,5-7H2,(H,12,13)(H,14,15)/t8-,9-/m1/s1. The van der Waals surface area contributed by atoms with Crippen LogP contribution in [0.2, 0.25) is 0 Å². The Hall–Kier alpha value is -1.58. The first-order valence-corrected chi connectivity index (χ1v) is 4.93. The van der Waals surface area contributed by atoms with Gasteiger partial charge >= 0.3 is 5.97 Å². The zero-order valence-corrected chi connectivity index (χ0v) is 8.48. The summed E-state index contributed by atoms with van der Waals surface area (Å²) in [5.41, 5.74) is 0. The molecule has 4 nitrogen and oxygen atoms in total. The lowest BCUT2D eigenvalue weighted by atomic mass is 9.82. The van der Waals surface area contributed by atoms with Crippen LogP contribution in [0, 0.1) is 11.8 Å². The summed E-state index contributed by atoms with van der Waals surface area (Å²) in [7, 11) is 0. The summed E-state index contributed by atoms with van der Waals surface area (Å²) < 4.78 is 0. The fourth-order valence-corrected chi connectivity index (χ4v) is 1.68. The van der Waals surface area contributed by atoms with E-state index in [1.54, 1.807) is 6.08 Å². The minimum atomic E-state index is -0.905. The number of aliphatic carboxylic acids is 1. The van der Waals surface area contributed by atoms with Crippen LogP contribution < -0.4 is 5.32 Å². The molecule has 0 unspecified atom stereocenters.